The van der Waals surface area contributed by atoms with Gasteiger partial charge in [0.15, 0.2) is 6.23 Å². The first-order valence-electron chi connectivity index (χ1n) is 12.1. The van der Waals surface area contributed by atoms with Gasteiger partial charge in [-0.1, -0.05) is 34.6 Å². The Morgan fingerprint density at radius 2 is 1.37 bits per heavy atom. The molecule has 2 aliphatic rings. The van der Waals surface area contributed by atoms with Crippen LogP contribution in [0.15, 0.2) is 43.7 Å². The minimum Gasteiger partial charge on any atom is -0.385 e. The van der Waals surface area contributed by atoms with Gasteiger partial charge in [-0.3, -0.25) is 28.7 Å². The van der Waals surface area contributed by atoms with Crippen LogP contribution in [0.3, 0.4) is 0 Å². The Balaban J connectivity index is 0.000000196. The van der Waals surface area contributed by atoms with Crippen LogP contribution in [-0.2, 0) is 9.47 Å². The third-order valence-corrected chi connectivity index (χ3v) is 7.50. The van der Waals surface area contributed by atoms with Crippen LogP contribution in [0.5, 0.6) is 0 Å². The van der Waals surface area contributed by atoms with Gasteiger partial charge >= 0.3 is 11.4 Å². The van der Waals surface area contributed by atoms with Crippen LogP contribution in [0.25, 0.3) is 0 Å². The second kappa shape index (κ2) is 10.5. The minimum atomic E-state index is -1.15. The van der Waals surface area contributed by atoms with E-state index in [4.69, 9.17) is 9.47 Å². The highest BCUT2D eigenvalue weighted by atomic mass is 16.5. The van der Waals surface area contributed by atoms with Gasteiger partial charge in [-0.05, 0) is 25.7 Å². The Morgan fingerprint density at radius 1 is 0.857 bits per heavy atom. The molecule has 2 aromatic heterocycles. The maximum absolute atomic E-state index is 11.7. The van der Waals surface area contributed by atoms with Crippen molar-refractivity contribution in [1.29, 1.82) is 0 Å². The summed E-state index contributed by atoms with van der Waals surface area (Å²) in [6.07, 6.45) is 3.56. The number of hydrogen-bond acceptors (Lipinski definition) is 7. The maximum Gasteiger partial charge on any atom is 0.330 e. The summed E-state index contributed by atoms with van der Waals surface area (Å²) in [6, 6.07) is 2.59. The molecule has 0 saturated carbocycles. The highest BCUT2D eigenvalue weighted by Gasteiger charge is 2.50. The van der Waals surface area contributed by atoms with Gasteiger partial charge in [0.1, 0.15) is 11.8 Å². The molecule has 11 heteroatoms. The number of aliphatic hydroxyl groups is 1. The van der Waals surface area contributed by atoms with Gasteiger partial charge in [0.2, 0.25) is 0 Å². The SMILES string of the molecule is CCC1OC(n2ccc(=O)[nH]c2=O)C(C)(O)C1C.CCC1OC(n2ccc(=O)[nH]c2=O)C(C)C1C. The number of hydrogen-bond donors (Lipinski definition) is 3. The zero-order valence-electron chi connectivity index (χ0n) is 21.1. The third-order valence-electron chi connectivity index (χ3n) is 7.50. The number of ether oxygens (including phenoxy) is 2. The smallest absolute Gasteiger partial charge is 0.330 e. The monoisotopic (exact) mass is 492 g/mol. The second-order valence-electron chi connectivity index (χ2n) is 9.68. The highest BCUT2D eigenvalue weighted by molar-refractivity contribution is 4.98. The fraction of sp³-hybridized carbons (Fsp3) is 0.667. The molecule has 8 atom stereocenters. The van der Waals surface area contributed by atoms with Crippen molar-refractivity contribution in [3.05, 3.63) is 66.2 Å². The fourth-order valence-electron chi connectivity index (χ4n) is 4.87. The molecule has 4 heterocycles. The van der Waals surface area contributed by atoms with Crippen LogP contribution in [-0.4, -0.2) is 42.0 Å². The standard InChI is InChI=1S/C12H18N2O4.C12H18N2O3/c1-4-8-7(2)12(3,17)10(18-8)14-6-5-9(15)13-11(14)16;1-4-9-7(2)8(3)11(17-9)14-6-5-10(15)13-12(14)16/h5-8,10,17H,4H2,1-3H3,(H,13,15,16);5-9,11H,4H2,1-3H3,(H,13,15,16). The van der Waals surface area contributed by atoms with Crippen LogP contribution in [0.1, 0.15) is 66.8 Å². The molecule has 0 radical (unpaired) electrons. The van der Waals surface area contributed by atoms with Crippen molar-refractivity contribution in [3.63, 3.8) is 0 Å². The molecule has 0 spiro atoms. The minimum absolute atomic E-state index is 0.0914. The zero-order valence-corrected chi connectivity index (χ0v) is 21.1. The molecular weight excluding hydrogens is 456 g/mol. The predicted molar refractivity (Wildman–Crippen MR) is 129 cm³/mol. The van der Waals surface area contributed by atoms with Crippen molar-refractivity contribution < 1.29 is 14.6 Å². The fourth-order valence-corrected chi connectivity index (χ4v) is 4.87. The van der Waals surface area contributed by atoms with Gasteiger partial charge in [-0.25, -0.2) is 9.59 Å². The van der Waals surface area contributed by atoms with Gasteiger partial charge in [-0.2, -0.15) is 0 Å². The quantitative estimate of drug-likeness (QED) is 0.583. The first-order valence-corrected chi connectivity index (χ1v) is 12.1. The van der Waals surface area contributed by atoms with Gasteiger partial charge in [-0.15, -0.1) is 0 Å². The molecule has 2 aliphatic heterocycles. The molecule has 0 aliphatic carbocycles. The van der Waals surface area contributed by atoms with E-state index in [1.54, 1.807) is 6.92 Å². The van der Waals surface area contributed by atoms with Crippen LogP contribution in [0, 0.1) is 17.8 Å². The first-order chi connectivity index (χ1) is 16.4. The molecular formula is C24H36N4O7. The van der Waals surface area contributed by atoms with Gasteiger partial charge in [0, 0.05) is 36.4 Å². The molecule has 3 N–H and O–H groups in total. The van der Waals surface area contributed by atoms with Gasteiger partial charge < -0.3 is 14.6 Å². The lowest BCUT2D eigenvalue weighted by Crippen LogP contribution is -2.42. The molecule has 0 amide bonds. The topological polar surface area (TPSA) is 148 Å². The van der Waals surface area contributed by atoms with E-state index in [-0.39, 0.29) is 35.8 Å². The van der Waals surface area contributed by atoms with Gasteiger partial charge in [0.25, 0.3) is 11.1 Å². The molecule has 8 unspecified atom stereocenters. The van der Waals surface area contributed by atoms with Crippen molar-refractivity contribution in [3.8, 4) is 0 Å². The second-order valence-corrected chi connectivity index (χ2v) is 9.68. The summed E-state index contributed by atoms with van der Waals surface area (Å²) in [4.78, 5) is 49.9. The molecule has 2 aromatic rings. The average Bonchev–Trinajstić information content (AvgIpc) is 3.21. The molecule has 2 saturated heterocycles. The molecule has 11 nitrogen and oxygen atoms in total. The van der Waals surface area contributed by atoms with E-state index < -0.39 is 28.8 Å². The van der Waals surface area contributed by atoms with E-state index in [2.05, 4.69) is 30.7 Å². The summed E-state index contributed by atoms with van der Waals surface area (Å²) >= 11 is 0. The van der Waals surface area contributed by atoms with Crippen molar-refractivity contribution >= 4 is 0 Å². The lowest BCUT2D eigenvalue weighted by Gasteiger charge is -2.28. The van der Waals surface area contributed by atoms with Crippen molar-refractivity contribution in [2.45, 2.75) is 84.6 Å². The summed E-state index contributed by atoms with van der Waals surface area (Å²) in [6.45, 7) is 11.8. The number of nitrogens with zero attached hydrogens (tertiary/aromatic N) is 2. The number of rotatable bonds is 4. The largest absolute Gasteiger partial charge is 0.385 e. The molecule has 35 heavy (non-hydrogen) atoms. The Bertz CT molecular complexity index is 1240. The van der Waals surface area contributed by atoms with E-state index in [0.717, 1.165) is 12.8 Å². The normalized spacial score (nSPS) is 34.4. The molecule has 0 aromatic carbocycles. The summed E-state index contributed by atoms with van der Waals surface area (Å²) in [7, 11) is 0. The number of aromatic nitrogens is 4. The summed E-state index contributed by atoms with van der Waals surface area (Å²) in [5, 5.41) is 10.5. The van der Waals surface area contributed by atoms with Crippen molar-refractivity contribution in [2.75, 3.05) is 0 Å². The Morgan fingerprint density at radius 3 is 1.80 bits per heavy atom. The maximum atomic E-state index is 11.7. The zero-order chi connectivity index (χ0) is 26.1. The van der Waals surface area contributed by atoms with E-state index >= 15 is 0 Å². The van der Waals surface area contributed by atoms with Gasteiger partial charge in [0.05, 0.1) is 12.2 Å². The lowest BCUT2D eigenvalue weighted by atomic mass is 9.87. The summed E-state index contributed by atoms with van der Waals surface area (Å²) < 4.78 is 14.3. The van der Waals surface area contributed by atoms with Crippen LogP contribution < -0.4 is 22.5 Å². The van der Waals surface area contributed by atoms with Crippen molar-refractivity contribution in [2.24, 2.45) is 17.8 Å². The lowest BCUT2D eigenvalue weighted by molar-refractivity contribution is -0.0876. The molecule has 2 fully saturated rings. The number of H-pyrrole nitrogens is 2. The van der Waals surface area contributed by atoms with E-state index in [9.17, 15) is 24.3 Å². The molecule has 194 valence electrons. The Labute approximate surface area is 202 Å². The van der Waals surface area contributed by atoms with E-state index in [0.29, 0.717) is 5.92 Å². The summed E-state index contributed by atoms with van der Waals surface area (Å²) in [5.74, 6) is 0.568. The molecule has 4 rings (SSSR count). The van der Waals surface area contributed by atoms with Crippen LogP contribution >= 0.6 is 0 Å². The Kier molecular flexibility index (Phi) is 8.03. The van der Waals surface area contributed by atoms with E-state index in [1.807, 2.05) is 13.8 Å². The average molecular weight is 493 g/mol. The molecule has 0 bridgehead atoms. The highest BCUT2D eigenvalue weighted by Crippen LogP contribution is 2.42. The van der Waals surface area contributed by atoms with Crippen LogP contribution in [0.4, 0.5) is 0 Å². The number of nitrogens with one attached hydrogen (secondary N) is 2. The number of aromatic amines is 2. The summed E-state index contributed by atoms with van der Waals surface area (Å²) in [5.41, 5.74) is -2.97. The first kappa shape index (κ1) is 26.8. The van der Waals surface area contributed by atoms with Crippen molar-refractivity contribution in [1.82, 2.24) is 19.1 Å². The Hall–Kier alpha value is -2.76. The van der Waals surface area contributed by atoms with Crippen LogP contribution in [0.2, 0.25) is 0 Å². The van der Waals surface area contributed by atoms with E-state index in [1.165, 1.54) is 33.7 Å². The predicted octanol–water partition coefficient (Wildman–Crippen LogP) is 1.35. The third kappa shape index (κ3) is 5.26.